The molecule has 1 heterocycles. The van der Waals surface area contributed by atoms with Gasteiger partial charge in [-0.05, 0) is 24.3 Å². The van der Waals surface area contributed by atoms with Crippen molar-refractivity contribution in [2.45, 2.75) is 6.54 Å². The number of nitrogen functional groups attached to an aromatic ring is 1. The van der Waals surface area contributed by atoms with E-state index in [1.807, 2.05) is 30.3 Å². The van der Waals surface area contributed by atoms with E-state index in [0.29, 0.717) is 6.54 Å². The Morgan fingerprint density at radius 2 is 2.27 bits per heavy atom. The Morgan fingerprint density at radius 1 is 1.40 bits per heavy atom. The molecular formula is C12H14N2O. The molecule has 0 amide bonds. The maximum Gasteiger partial charge on any atom is 0.134 e. The van der Waals surface area contributed by atoms with E-state index in [2.05, 4.69) is 11.9 Å². The number of hydrogen-bond donors (Lipinski definition) is 2. The molecule has 78 valence electrons. The molecule has 1 aromatic carbocycles. The summed E-state index contributed by atoms with van der Waals surface area (Å²) in [5.74, 6) is 0.914. The topological polar surface area (TPSA) is 51.2 Å². The highest BCUT2D eigenvalue weighted by Crippen LogP contribution is 2.21. The van der Waals surface area contributed by atoms with Gasteiger partial charge < -0.3 is 15.5 Å². The summed E-state index contributed by atoms with van der Waals surface area (Å²) in [5, 5.41) is 4.23. The lowest BCUT2D eigenvalue weighted by atomic mass is 10.2. The molecule has 3 heteroatoms. The third-order valence-corrected chi connectivity index (χ3v) is 2.18. The Morgan fingerprint density at radius 3 is 3.07 bits per heavy atom. The predicted molar refractivity (Wildman–Crippen MR) is 62.5 cm³/mol. The number of hydrogen-bond acceptors (Lipinski definition) is 3. The summed E-state index contributed by atoms with van der Waals surface area (Å²) >= 11 is 0. The standard InChI is InChI=1S/C12H14N2O/c1-2-5-14-8-11-7-9-6-10(13)3-4-12(9)15-11/h2-4,6-7,14H,1,5,8,13H2. The SMILES string of the molecule is C=CCNCc1cc2cc(N)ccc2o1. The molecule has 0 atom stereocenters. The number of anilines is 1. The molecule has 0 aliphatic heterocycles. The van der Waals surface area contributed by atoms with Crippen LogP contribution in [0.3, 0.4) is 0 Å². The van der Waals surface area contributed by atoms with Gasteiger partial charge in [-0.25, -0.2) is 0 Å². The fraction of sp³-hybridized carbons (Fsp3) is 0.167. The summed E-state index contributed by atoms with van der Waals surface area (Å²) in [6.45, 7) is 5.12. The summed E-state index contributed by atoms with van der Waals surface area (Å²) in [7, 11) is 0. The first-order chi connectivity index (χ1) is 7.29. The van der Waals surface area contributed by atoms with E-state index in [1.54, 1.807) is 0 Å². The van der Waals surface area contributed by atoms with Gasteiger partial charge in [0.15, 0.2) is 0 Å². The van der Waals surface area contributed by atoms with Crippen LogP contribution in [0.1, 0.15) is 5.76 Å². The third kappa shape index (κ3) is 2.19. The van der Waals surface area contributed by atoms with Crippen LogP contribution in [-0.4, -0.2) is 6.54 Å². The first-order valence-corrected chi connectivity index (χ1v) is 4.89. The van der Waals surface area contributed by atoms with Crippen LogP contribution in [0.4, 0.5) is 5.69 Å². The molecule has 0 unspecified atom stereocenters. The maximum atomic E-state index is 5.68. The van der Waals surface area contributed by atoms with Crippen molar-refractivity contribution in [3.05, 3.63) is 42.7 Å². The van der Waals surface area contributed by atoms with Crippen LogP contribution in [0.2, 0.25) is 0 Å². The van der Waals surface area contributed by atoms with Gasteiger partial charge in [0.1, 0.15) is 11.3 Å². The lowest BCUT2D eigenvalue weighted by molar-refractivity contribution is 0.524. The van der Waals surface area contributed by atoms with Crippen molar-refractivity contribution in [2.24, 2.45) is 0 Å². The third-order valence-electron chi connectivity index (χ3n) is 2.18. The van der Waals surface area contributed by atoms with Crippen LogP contribution in [0.15, 0.2) is 41.3 Å². The van der Waals surface area contributed by atoms with Gasteiger partial charge in [-0.1, -0.05) is 6.08 Å². The number of rotatable bonds is 4. The average molecular weight is 202 g/mol. The Kier molecular flexibility index (Phi) is 2.74. The van der Waals surface area contributed by atoms with Gasteiger partial charge in [-0.15, -0.1) is 6.58 Å². The van der Waals surface area contributed by atoms with E-state index < -0.39 is 0 Å². The average Bonchev–Trinajstić information content (AvgIpc) is 2.60. The highest BCUT2D eigenvalue weighted by Gasteiger charge is 2.02. The zero-order valence-corrected chi connectivity index (χ0v) is 8.49. The quantitative estimate of drug-likeness (QED) is 0.454. The molecule has 0 fully saturated rings. The molecule has 0 bridgehead atoms. The Labute approximate surface area is 88.6 Å². The van der Waals surface area contributed by atoms with E-state index in [-0.39, 0.29) is 0 Å². The van der Waals surface area contributed by atoms with Crippen LogP contribution in [0.25, 0.3) is 11.0 Å². The lowest BCUT2D eigenvalue weighted by Gasteiger charge is -1.95. The number of furan rings is 1. The first-order valence-electron chi connectivity index (χ1n) is 4.89. The smallest absolute Gasteiger partial charge is 0.134 e. The van der Waals surface area contributed by atoms with Crippen molar-refractivity contribution in [1.82, 2.24) is 5.32 Å². The molecule has 3 N–H and O–H groups in total. The largest absolute Gasteiger partial charge is 0.460 e. The molecule has 0 spiro atoms. The minimum Gasteiger partial charge on any atom is -0.460 e. The van der Waals surface area contributed by atoms with Crippen LogP contribution in [0.5, 0.6) is 0 Å². The second kappa shape index (κ2) is 4.19. The zero-order valence-electron chi connectivity index (χ0n) is 8.49. The molecule has 0 saturated carbocycles. The highest BCUT2D eigenvalue weighted by atomic mass is 16.3. The highest BCUT2D eigenvalue weighted by molar-refractivity contribution is 5.81. The van der Waals surface area contributed by atoms with Crippen molar-refractivity contribution in [2.75, 3.05) is 12.3 Å². The Bertz CT molecular complexity index is 473. The van der Waals surface area contributed by atoms with Crippen LogP contribution in [-0.2, 0) is 6.54 Å². The number of nitrogens with two attached hydrogens (primary N) is 1. The fourth-order valence-electron chi connectivity index (χ4n) is 1.50. The summed E-state index contributed by atoms with van der Waals surface area (Å²) in [6.07, 6.45) is 1.82. The van der Waals surface area contributed by atoms with Gasteiger partial charge in [0, 0.05) is 17.6 Å². The van der Waals surface area contributed by atoms with Gasteiger partial charge in [-0.2, -0.15) is 0 Å². The minimum absolute atomic E-state index is 0.709. The molecule has 2 rings (SSSR count). The molecule has 2 aromatic rings. The van der Waals surface area contributed by atoms with Crippen molar-refractivity contribution in [3.63, 3.8) is 0 Å². The van der Waals surface area contributed by atoms with Gasteiger partial charge in [0.2, 0.25) is 0 Å². The van der Waals surface area contributed by atoms with E-state index in [4.69, 9.17) is 10.2 Å². The van der Waals surface area contributed by atoms with E-state index >= 15 is 0 Å². The Balaban J connectivity index is 2.19. The fourth-order valence-corrected chi connectivity index (χ4v) is 1.50. The van der Waals surface area contributed by atoms with Crippen molar-refractivity contribution < 1.29 is 4.42 Å². The summed E-state index contributed by atoms with van der Waals surface area (Å²) in [4.78, 5) is 0. The number of nitrogens with one attached hydrogen (secondary N) is 1. The molecule has 3 nitrogen and oxygen atoms in total. The molecule has 0 aliphatic carbocycles. The molecule has 0 aliphatic rings. The van der Waals surface area contributed by atoms with Gasteiger partial charge in [-0.3, -0.25) is 0 Å². The van der Waals surface area contributed by atoms with Crippen molar-refractivity contribution in [1.29, 1.82) is 0 Å². The molecule has 15 heavy (non-hydrogen) atoms. The van der Waals surface area contributed by atoms with E-state index in [9.17, 15) is 0 Å². The molecule has 1 aromatic heterocycles. The predicted octanol–water partition coefficient (Wildman–Crippen LogP) is 2.29. The van der Waals surface area contributed by atoms with Gasteiger partial charge in [0.05, 0.1) is 6.54 Å². The minimum atomic E-state index is 0.709. The molecule has 0 saturated heterocycles. The summed E-state index contributed by atoms with van der Waals surface area (Å²) in [5.41, 5.74) is 7.32. The monoisotopic (exact) mass is 202 g/mol. The second-order valence-corrected chi connectivity index (χ2v) is 3.43. The van der Waals surface area contributed by atoms with Crippen LogP contribution >= 0.6 is 0 Å². The van der Waals surface area contributed by atoms with E-state index in [0.717, 1.165) is 29.0 Å². The first kappa shape index (κ1) is 9.80. The van der Waals surface area contributed by atoms with Gasteiger partial charge >= 0.3 is 0 Å². The Hall–Kier alpha value is -1.74. The van der Waals surface area contributed by atoms with Gasteiger partial charge in [0.25, 0.3) is 0 Å². The summed E-state index contributed by atoms with van der Waals surface area (Å²) < 4.78 is 5.62. The normalized spacial score (nSPS) is 10.7. The molecular weight excluding hydrogens is 188 g/mol. The lowest BCUT2D eigenvalue weighted by Crippen LogP contribution is -2.11. The zero-order chi connectivity index (χ0) is 10.7. The van der Waals surface area contributed by atoms with E-state index in [1.165, 1.54) is 0 Å². The van der Waals surface area contributed by atoms with Crippen molar-refractivity contribution >= 4 is 16.7 Å². The molecule has 0 radical (unpaired) electrons. The second-order valence-electron chi connectivity index (χ2n) is 3.43. The number of fused-ring (bicyclic) bond motifs is 1. The maximum absolute atomic E-state index is 5.68. The van der Waals surface area contributed by atoms with Crippen LogP contribution in [0, 0.1) is 0 Å². The van der Waals surface area contributed by atoms with Crippen LogP contribution < -0.4 is 11.1 Å². The summed E-state index contributed by atoms with van der Waals surface area (Å²) in [6, 6.07) is 7.64. The number of benzene rings is 1. The van der Waals surface area contributed by atoms with Crippen molar-refractivity contribution in [3.8, 4) is 0 Å².